The molecule has 0 unspecified atom stereocenters. The van der Waals surface area contributed by atoms with Crippen molar-refractivity contribution in [2.24, 2.45) is 0 Å². The van der Waals surface area contributed by atoms with Crippen LogP contribution < -0.4 is 4.90 Å². The van der Waals surface area contributed by atoms with Gasteiger partial charge in [-0.05, 0) is 82.1 Å². The molecule has 0 radical (unpaired) electrons. The van der Waals surface area contributed by atoms with Crippen LogP contribution in [0.15, 0.2) is 223 Å². The minimum Gasteiger partial charge on any atom is -0.455 e. The Bertz CT molecular complexity index is 3220. The summed E-state index contributed by atoms with van der Waals surface area (Å²) in [4.78, 5) is 17.2. The maximum Gasteiger partial charge on any atom is 0.164 e. The van der Waals surface area contributed by atoms with E-state index in [4.69, 9.17) is 19.4 Å². The molecule has 9 aromatic carbocycles. The standard InChI is InChI=1S/C55H36N4O/c1-5-15-37(16-6-1)38-25-30-45(31-26-38)59(44-22-11-4-12-23-44)46-32-27-39(28-33-46)51-47-24-14-13-21-42(47)35-49-48-34-29-43(36-50(48)60-52(49)51)55-57-53(40-17-7-2-8-18-40)56-54(58-55)41-19-9-3-10-20-41/h1-36H. The van der Waals surface area contributed by atoms with Gasteiger partial charge < -0.3 is 9.32 Å². The van der Waals surface area contributed by atoms with Gasteiger partial charge in [0.05, 0.1) is 0 Å². The molecule has 0 aliphatic rings. The van der Waals surface area contributed by atoms with Gasteiger partial charge >= 0.3 is 0 Å². The summed E-state index contributed by atoms with van der Waals surface area (Å²) in [6.07, 6.45) is 0. The highest BCUT2D eigenvalue weighted by Gasteiger charge is 2.20. The van der Waals surface area contributed by atoms with Crippen LogP contribution in [0.2, 0.25) is 0 Å². The average molecular weight is 769 g/mol. The van der Waals surface area contributed by atoms with E-state index in [1.807, 2.05) is 66.7 Å². The van der Waals surface area contributed by atoms with Crippen molar-refractivity contribution in [3.63, 3.8) is 0 Å². The topological polar surface area (TPSA) is 55.1 Å². The van der Waals surface area contributed by atoms with E-state index in [1.54, 1.807) is 0 Å². The minimum atomic E-state index is 0.587. The predicted molar refractivity (Wildman–Crippen MR) is 246 cm³/mol. The first-order valence-corrected chi connectivity index (χ1v) is 20.1. The van der Waals surface area contributed by atoms with Crippen LogP contribution in [-0.2, 0) is 0 Å². The van der Waals surface area contributed by atoms with Crippen molar-refractivity contribution in [1.29, 1.82) is 0 Å². The third-order valence-corrected chi connectivity index (χ3v) is 11.1. The molecule has 60 heavy (non-hydrogen) atoms. The Morgan fingerprint density at radius 1 is 0.317 bits per heavy atom. The Hall–Kier alpha value is -8.15. The lowest BCUT2D eigenvalue weighted by Gasteiger charge is -2.26. The van der Waals surface area contributed by atoms with Gasteiger partial charge in [-0.2, -0.15) is 0 Å². The van der Waals surface area contributed by atoms with E-state index >= 15 is 0 Å². The first-order chi connectivity index (χ1) is 29.7. The number of benzene rings is 9. The fraction of sp³-hybridized carbons (Fsp3) is 0. The molecule has 2 heterocycles. The van der Waals surface area contributed by atoms with Crippen LogP contribution in [0.3, 0.4) is 0 Å². The van der Waals surface area contributed by atoms with Gasteiger partial charge in [0.2, 0.25) is 0 Å². The zero-order valence-corrected chi connectivity index (χ0v) is 32.5. The number of hydrogen-bond acceptors (Lipinski definition) is 5. The van der Waals surface area contributed by atoms with Crippen LogP contribution in [0.1, 0.15) is 0 Å². The molecule has 0 aliphatic carbocycles. The highest BCUT2D eigenvalue weighted by molar-refractivity contribution is 6.18. The van der Waals surface area contributed by atoms with E-state index in [9.17, 15) is 0 Å². The van der Waals surface area contributed by atoms with Crippen molar-refractivity contribution in [2.45, 2.75) is 0 Å². The van der Waals surface area contributed by atoms with Crippen molar-refractivity contribution in [2.75, 3.05) is 4.90 Å². The van der Waals surface area contributed by atoms with E-state index in [1.165, 1.54) is 11.1 Å². The molecule has 0 aliphatic heterocycles. The number of nitrogens with zero attached hydrogens (tertiary/aromatic N) is 4. The molecular weight excluding hydrogens is 733 g/mol. The molecule has 0 atom stereocenters. The van der Waals surface area contributed by atoms with E-state index in [-0.39, 0.29) is 0 Å². The first kappa shape index (κ1) is 35.0. The summed E-state index contributed by atoms with van der Waals surface area (Å²) in [6, 6.07) is 75.8. The number of furan rings is 1. The molecule has 0 saturated carbocycles. The van der Waals surface area contributed by atoms with Gasteiger partial charge in [0.15, 0.2) is 17.5 Å². The summed E-state index contributed by atoms with van der Waals surface area (Å²) in [7, 11) is 0. The smallest absolute Gasteiger partial charge is 0.164 e. The van der Waals surface area contributed by atoms with Gasteiger partial charge in [-0.25, -0.2) is 15.0 Å². The third kappa shape index (κ3) is 6.45. The third-order valence-electron chi connectivity index (χ3n) is 11.1. The average Bonchev–Trinajstić information content (AvgIpc) is 3.69. The molecule has 11 rings (SSSR count). The Morgan fingerprint density at radius 2 is 0.767 bits per heavy atom. The van der Waals surface area contributed by atoms with Crippen LogP contribution in [0.5, 0.6) is 0 Å². The van der Waals surface area contributed by atoms with Gasteiger partial charge in [-0.1, -0.05) is 164 Å². The summed E-state index contributed by atoms with van der Waals surface area (Å²) in [5.74, 6) is 1.83. The summed E-state index contributed by atoms with van der Waals surface area (Å²) < 4.78 is 6.92. The van der Waals surface area contributed by atoms with Gasteiger partial charge in [0.1, 0.15) is 11.2 Å². The van der Waals surface area contributed by atoms with Crippen molar-refractivity contribution in [3.8, 4) is 56.4 Å². The summed E-state index contributed by atoms with van der Waals surface area (Å²) in [5, 5.41) is 4.38. The largest absolute Gasteiger partial charge is 0.455 e. The normalized spacial score (nSPS) is 11.3. The molecular formula is C55H36N4O. The second kappa shape index (κ2) is 15.0. The number of rotatable bonds is 8. The van der Waals surface area contributed by atoms with E-state index in [2.05, 4.69) is 157 Å². The molecule has 0 amide bonds. The monoisotopic (exact) mass is 768 g/mol. The van der Waals surface area contributed by atoms with Gasteiger partial charge in [0.25, 0.3) is 0 Å². The summed E-state index contributed by atoms with van der Waals surface area (Å²) >= 11 is 0. The number of anilines is 3. The van der Waals surface area contributed by atoms with Crippen LogP contribution in [0.25, 0.3) is 89.1 Å². The Kier molecular flexibility index (Phi) is 8.75. The number of aromatic nitrogens is 3. The molecule has 0 bridgehead atoms. The van der Waals surface area contributed by atoms with E-state index in [0.717, 1.165) is 77.6 Å². The van der Waals surface area contributed by atoms with Crippen molar-refractivity contribution in [3.05, 3.63) is 218 Å². The summed E-state index contributed by atoms with van der Waals surface area (Å²) in [5.41, 5.74) is 12.1. The maximum absolute atomic E-state index is 6.92. The lowest BCUT2D eigenvalue weighted by Crippen LogP contribution is -2.09. The van der Waals surface area contributed by atoms with Gasteiger partial charge in [-0.15, -0.1) is 0 Å². The lowest BCUT2D eigenvalue weighted by molar-refractivity contribution is 0.670. The molecule has 0 N–H and O–H groups in total. The van der Waals surface area contributed by atoms with Crippen molar-refractivity contribution in [1.82, 2.24) is 15.0 Å². The predicted octanol–water partition coefficient (Wildman–Crippen LogP) is 14.7. The second-order valence-corrected chi connectivity index (χ2v) is 14.8. The zero-order chi connectivity index (χ0) is 39.8. The molecule has 282 valence electrons. The van der Waals surface area contributed by atoms with Crippen LogP contribution in [0, 0.1) is 0 Å². The number of hydrogen-bond donors (Lipinski definition) is 0. The zero-order valence-electron chi connectivity index (χ0n) is 32.5. The fourth-order valence-electron chi connectivity index (χ4n) is 8.17. The highest BCUT2D eigenvalue weighted by atomic mass is 16.3. The molecule has 5 heteroatoms. The van der Waals surface area contributed by atoms with Crippen LogP contribution in [0.4, 0.5) is 17.1 Å². The Labute approximate surface area is 347 Å². The van der Waals surface area contributed by atoms with Crippen molar-refractivity contribution >= 4 is 49.8 Å². The SMILES string of the molecule is c1ccc(-c2ccc(N(c3ccccc3)c3ccc(-c4c5ccccc5cc5c4oc4cc(-c6nc(-c7ccccc7)nc(-c7ccccc7)n6)ccc45)cc3)cc2)cc1. The molecule has 0 fully saturated rings. The fourth-order valence-corrected chi connectivity index (χ4v) is 8.17. The number of para-hydroxylation sites is 1. The Morgan fingerprint density at radius 3 is 1.37 bits per heavy atom. The number of fused-ring (bicyclic) bond motifs is 4. The van der Waals surface area contributed by atoms with Crippen LogP contribution in [-0.4, -0.2) is 15.0 Å². The van der Waals surface area contributed by atoms with Crippen LogP contribution >= 0.6 is 0 Å². The van der Waals surface area contributed by atoms with E-state index < -0.39 is 0 Å². The minimum absolute atomic E-state index is 0.587. The molecule has 11 aromatic rings. The molecule has 2 aromatic heterocycles. The summed E-state index contributed by atoms with van der Waals surface area (Å²) in [6.45, 7) is 0. The van der Waals surface area contributed by atoms with Crippen molar-refractivity contribution < 1.29 is 4.42 Å². The molecule has 0 spiro atoms. The Balaban J connectivity index is 1.02. The second-order valence-electron chi connectivity index (χ2n) is 14.8. The van der Waals surface area contributed by atoms with E-state index in [0.29, 0.717) is 17.5 Å². The molecule has 5 nitrogen and oxygen atoms in total. The van der Waals surface area contributed by atoms with Gasteiger partial charge in [0, 0.05) is 50.1 Å². The van der Waals surface area contributed by atoms with Gasteiger partial charge in [-0.3, -0.25) is 0 Å². The first-order valence-electron chi connectivity index (χ1n) is 20.1. The molecule has 0 saturated heterocycles. The quantitative estimate of drug-likeness (QED) is 0.154. The lowest BCUT2D eigenvalue weighted by atomic mass is 9.95. The maximum atomic E-state index is 6.92. The highest BCUT2D eigenvalue weighted by Crippen LogP contribution is 2.43.